The highest BCUT2D eigenvalue weighted by Gasteiger charge is 2.11. The van der Waals surface area contributed by atoms with Gasteiger partial charge >= 0.3 is 0 Å². The third kappa shape index (κ3) is 2.46. The molecule has 2 aromatic carbocycles. The second kappa shape index (κ2) is 5.00. The van der Waals surface area contributed by atoms with Crippen LogP contribution in [0.3, 0.4) is 0 Å². The molecule has 0 amide bonds. The fraction of sp³-hybridized carbons (Fsp3) is 0. The molecule has 82 valence electrons. The van der Waals surface area contributed by atoms with Crippen molar-refractivity contribution in [3.63, 3.8) is 0 Å². The molecule has 0 unspecified atom stereocenters. The van der Waals surface area contributed by atoms with E-state index in [9.17, 15) is 5.11 Å². The van der Waals surface area contributed by atoms with Crippen LogP contribution in [0.1, 0.15) is 0 Å². The zero-order valence-corrected chi connectivity index (χ0v) is 10.5. The van der Waals surface area contributed by atoms with Crippen molar-refractivity contribution >= 4 is 35.0 Å². The SMILES string of the molecule is Oc1ccc(Cl)c(Cl)c1Sc1ccccc1. The number of halogens is 2. The first-order chi connectivity index (χ1) is 7.68. The van der Waals surface area contributed by atoms with Crippen molar-refractivity contribution in [1.29, 1.82) is 0 Å². The van der Waals surface area contributed by atoms with Crippen LogP contribution in [0.5, 0.6) is 5.75 Å². The minimum absolute atomic E-state index is 0.142. The number of rotatable bonds is 2. The monoisotopic (exact) mass is 270 g/mol. The van der Waals surface area contributed by atoms with E-state index in [-0.39, 0.29) is 5.75 Å². The average Bonchev–Trinajstić information content (AvgIpc) is 2.31. The summed E-state index contributed by atoms with van der Waals surface area (Å²) in [6, 6.07) is 12.8. The largest absolute Gasteiger partial charge is 0.507 e. The smallest absolute Gasteiger partial charge is 0.131 e. The summed E-state index contributed by atoms with van der Waals surface area (Å²) in [7, 11) is 0. The Morgan fingerprint density at radius 3 is 2.31 bits per heavy atom. The molecule has 0 radical (unpaired) electrons. The molecule has 0 atom stereocenters. The molecule has 0 saturated carbocycles. The molecule has 16 heavy (non-hydrogen) atoms. The lowest BCUT2D eigenvalue weighted by atomic mass is 10.3. The summed E-state index contributed by atoms with van der Waals surface area (Å²) in [5.41, 5.74) is 0. The summed E-state index contributed by atoms with van der Waals surface area (Å²) in [6.45, 7) is 0. The van der Waals surface area contributed by atoms with Gasteiger partial charge in [0.2, 0.25) is 0 Å². The van der Waals surface area contributed by atoms with E-state index in [4.69, 9.17) is 23.2 Å². The number of benzene rings is 2. The van der Waals surface area contributed by atoms with Gasteiger partial charge in [-0.2, -0.15) is 0 Å². The Hall–Kier alpha value is -0.830. The standard InChI is InChI=1S/C12H8Cl2OS/c13-9-6-7-10(15)12(11(9)14)16-8-4-2-1-3-5-8/h1-7,15H. The molecule has 0 aromatic heterocycles. The van der Waals surface area contributed by atoms with Gasteiger partial charge in [-0.1, -0.05) is 53.2 Å². The second-order valence-electron chi connectivity index (χ2n) is 3.12. The second-order valence-corrected chi connectivity index (χ2v) is 4.99. The molecule has 1 N–H and O–H groups in total. The van der Waals surface area contributed by atoms with E-state index in [1.807, 2.05) is 30.3 Å². The molecule has 0 saturated heterocycles. The molecular weight excluding hydrogens is 263 g/mol. The van der Waals surface area contributed by atoms with Crippen LogP contribution in [0.25, 0.3) is 0 Å². The third-order valence-electron chi connectivity index (χ3n) is 1.99. The van der Waals surface area contributed by atoms with Crippen LogP contribution in [0.15, 0.2) is 52.3 Å². The average molecular weight is 271 g/mol. The van der Waals surface area contributed by atoms with Crippen LogP contribution in [-0.4, -0.2) is 5.11 Å². The third-order valence-corrected chi connectivity index (χ3v) is 4.03. The van der Waals surface area contributed by atoms with E-state index < -0.39 is 0 Å². The maximum atomic E-state index is 9.71. The van der Waals surface area contributed by atoms with Gasteiger partial charge in [-0.05, 0) is 24.3 Å². The van der Waals surface area contributed by atoms with Gasteiger partial charge in [0, 0.05) is 4.90 Å². The van der Waals surface area contributed by atoms with Crippen LogP contribution in [-0.2, 0) is 0 Å². The van der Waals surface area contributed by atoms with Gasteiger partial charge < -0.3 is 5.11 Å². The molecule has 0 aliphatic rings. The normalized spacial score (nSPS) is 10.4. The molecule has 4 heteroatoms. The highest BCUT2D eigenvalue weighted by molar-refractivity contribution is 7.99. The fourth-order valence-electron chi connectivity index (χ4n) is 1.23. The quantitative estimate of drug-likeness (QED) is 0.842. The van der Waals surface area contributed by atoms with Gasteiger partial charge in [0.05, 0.1) is 14.9 Å². The van der Waals surface area contributed by atoms with E-state index in [0.29, 0.717) is 14.9 Å². The first kappa shape index (κ1) is 11.6. The lowest BCUT2D eigenvalue weighted by molar-refractivity contribution is 0.462. The van der Waals surface area contributed by atoms with Crippen LogP contribution in [0.4, 0.5) is 0 Å². The number of phenols is 1. The van der Waals surface area contributed by atoms with Gasteiger partial charge in [0.25, 0.3) is 0 Å². The van der Waals surface area contributed by atoms with Gasteiger partial charge in [0.15, 0.2) is 0 Å². The van der Waals surface area contributed by atoms with Crippen molar-refractivity contribution in [2.75, 3.05) is 0 Å². The lowest BCUT2D eigenvalue weighted by Gasteiger charge is -2.07. The Kier molecular flexibility index (Phi) is 3.64. The summed E-state index contributed by atoms with van der Waals surface area (Å²) in [5, 5.41) is 10.5. The predicted molar refractivity (Wildman–Crippen MR) is 68.7 cm³/mol. The minimum atomic E-state index is 0.142. The zero-order valence-electron chi connectivity index (χ0n) is 8.15. The van der Waals surface area contributed by atoms with Crippen molar-refractivity contribution in [2.24, 2.45) is 0 Å². The molecule has 1 nitrogen and oxygen atoms in total. The van der Waals surface area contributed by atoms with E-state index in [1.54, 1.807) is 12.1 Å². The Morgan fingerprint density at radius 1 is 0.938 bits per heavy atom. The lowest BCUT2D eigenvalue weighted by Crippen LogP contribution is -1.79. The van der Waals surface area contributed by atoms with Crippen molar-refractivity contribution in [3.05, 3.63) is 52.5 Å². The molecule has 2 rings (SSSR count). The van der Waals surface area contributed by atoms with E-state index in [0.717, 1.165) is 4.90 Å². The summed E-state index contributed by atoms with van der Waals surface area (Å²) in [4.78, 5) is 1.59. The Bertz CT molecular complexity index is 500. The molecule has 0 aliphatic carbocycles. The van der Waals surface area contributed by atoms with Gasteiger partial charge in [-0.15, -0.1) is 0 Å². The molecule has 0 bridgehead atoms. The van der Waals surface area contributed by atoms with Crippen molar-refractivity contribution in [3.8, 4) is 5.75 Å². The predicted octanol–water partition coefficient (Wildman–Crippen LogP) is 4.85. The Morgan fingerprint density at radius 2 is 1.62 bits per heavy atom. The van der Waals surface area contributed by atoms with Crippen LogP contribution < -0.4 is 0 Å². The summed E-state index contributed by atoms with van der Waals surface area (Å²) in [5.74, 6) is 0.142. The highest BCUT2D eigenvalue weighted by atomic mass is 35.5. The molecule has 0 aliphatic heterocycles. The maximum absolute atomic E-state index is 9.71. The first-order valence-electron chi connectivity index (χ1n) is 4.58. The van der Waals surface area contributed by atoms with Gasteiger partial charge in [0.1, 0.15) is 5.75 Å². The van der Waals surface area contributed by atoms with Crippen LogP contribution in [0.2, 0.25) is 10.0 Å². The number of hydrogen-bond acceptors (Lipinski definition) is 2. The van der Waals surface area contributed by atoms with Crippen molar-refractivity contribution in [2.45, 2.75) is 9.79 Å². The van der Waals surface area contributed by atoms with E-state index in [1.165, 1.54) is 11.8 Å². The summed E-state index contributed by atoms with van der Waals surface area (Å²) in [6.07, 6.45) is 0. The van der Waals surface area contributed by atoms with Crippen LogP contribution >= 0.6 is 35.0 Å². The maximum Gasteiger partial charge on any atom is 0.131 e. The molecular formula is C12H8Cl2OS. The Balaban J connectivity index is 2.38. The number of hydrogen-bond donors (Lipinski definition) is 1. The van der Waals surface area contributed by atoms with Crippen LogP contribution in [0, 0.1) is 0 Å². The summed E-state index contributed by atoms with van der Waals surface area (Å²) < 4.78 is 0. The fourth-order valence-corrected chi connectivity index (χ4v) is 2.62. The van der Waals surface area contributed by atoms with Gasteiger partial charge in [-0.25, -0.2) is 0 Å². The molecule has 2 aromatic rings. The summed E-state index contributed by atoms with van der Waals surface area (Å²) >= 11 is 13.3. The zero-order chi connectivity index (χ0) is 11.5. The van der Waals surface area contributed by atoms with Crippen molar-refractivity contribution < 1.29 is 5.11 Å². The molecule has 0 heterocycles. The van der Waals surface area contributed by atoms with E-state index in [2.05, 4.69) is 0 Å². The van der Waals surface area contributed by atoms with Gasteiger partial charge in [-0.3, -0.25) is 0 Å². The number of aromatic hydroxyl groups is 1. The topological polar surface area (TPSA) is 20.2 Å². The van der Waals surface area contributed by atoms with Crippen molar-refractivity contribution in [1.82, 2.24) is 0 Å². The highest BCUT2D eigenvalue weighted by Crippen LogP contribution is 2.42. The Labute approximate surface area is 108 Å². The minimum Gasteiger partial charge on any atom is -0.507 e. The molecule has 0 spiro atoms. The first-order valence-corrected chi connectivity index (χ1v) is 6.15. The molecule has 0 fully saturated rings. The van der Waals surface area contributed by atoms with E-state index >= 15 is 0 Å². The number of phenolic OH excluding ortho intramolecular Hbond substituents is 1.